The first-order valence-electron chi connectivity index (χ1n) is 12.2. The Hall–Kier alpha value is -4.24. The van der Waals surface area contributed by atoms with Crippen LogP contribution in [-0.2, 0) is 10.2 Å². The Morgan fingerprint density at radius 2 is 1.84 bits per heavy atom. The molecule has 0 atom stereocenters. The molecule has 1 aliphatic rings. The number of fused-ring (bicyclic) bond motifs is 1. The molecule has 4 N–H and O–H groups in total. The molecule has 0 spiro atoms. The van der Waals surface area contributed by atoms with E-state index in [-0.39, 0.29) is 11.0 Å². The molecular formula is C28H30N6O3. The van der Waals surface area contributed by atoms with Gasteiger partial charge in [-0.1, -0.05) is 20.8 Å². The van der Waals surface area contributed by atoms with Crippen molar-refractivity contribution in [3.63, 3.8) is 0 Å². The van der Waals surface area contributed by atoms with Gasteiger partial charge in [-0.25, -0.2) is 4.98 Å². The van der Waals surface area contributed by atoms with Gasteiger partial charge in [0.2, 0.25) is 0 Å². The first-order chi connectivity index (χ1) is 17.7. The number of anilines is 3. The van der Waals surface area contributed by atoms with Gasteiger partial charge in [-0.05, 0) is 47.9 Å². The maximum absolute atomic E-state index is 12.8. The summed E-state index contributed by atoms with van der Waals surface area (Å²) < 4.78 is 5.44. The van der Waals surface area contributed by atoms with Crippen LogP contribution in [0.25, 0.3) is 22.0 Å². The number of rotatable bonds is 5. The third kappa shape index (κ3) is 5.03. The predicted molar refractivity (Wildman–Crippen MR) is 146 cm³/mol. The van der Waals surface area contributed by atoms with E-state index >= 15 is 0 Å². The number of hydrogen-bond acceptors (Lipinski definition) is 7. The number of carbonyl (C=O) groups is 1. The molecule has 9 nitrogen and oxygen atoms in total. The van der Waals surface area contributed by atoms with Crippen LogP contribution in [0, 0.1) is 0 Å². The molecule has 0 bridgehead atoms. The summed E-state index contributed by atoms with van der Waals surface area (Å²) in [6, 6.07) is 13.4. The summed E-state index contributed by atoms with van der Waals surface area (Å²) in [4.78, 5) is 39.4. The number of H-pyrrole nitrogens is 1. The normalized spacial score (nSPS) is 14.1. The lowest BCUT2D eigenvalue weighted by Gasteiger charge is -2.28. The highest BCUT2D eigenvalue weighted by Crippen LogP contribution is 2.31. The maximum Gasteiger partial charge on any atom is 0.259 e. The summed E-state index contributed by atoms with van der Waals surface area (Å²) in [6.07, 6.45) is 3.29. The van der Waals surface area contributed by atoms with Crippen molar-refractivity contribution in [3.05, 3.63) is 76.5 Å². The van der Waals surface area contributed by atoms with Crippen molar-refractivity contribution in [1.82, 2.24) is 15.0 Å². The Balaban J connectivity index is 1.56. The van der Waals surface area contributed by atoms with Gasteiger partial charge in [0, 0.05) is 47.8 Å². The summed E-state index contributed by atoms with van der Waals surface area (Å²) in [7, 11) is 0. The molecule has 0 aliphatic carbocycles. The molecule has 0 radical (unpaired) electrons. The number of pyridine rings is 3. The van der Waals surface area contributed by atoms with Crippen molar-refractivity contribution in [3.8, 4) is 11.3 Å². The Labute approximate surface area is 214 Å². The van der Waals surface area contributed by atoms with Crippen molar-refractivity contribution in [2.24, 2.45) is 5.73 Å². The number of nitrogens with two attached hydrogens (primary N) is 1. The van der Waals surface area contributed by atoms with E-state index in [4.69, 9.17) is 15.5 Å². The number of carbonyl (C=O) groups excluding carboxylic acids is 1. The van der Waals surface area contributed by atoms with Crippen LogP contribution in [0.3, 0.4) is 0 Å². The molecule has 0 saturated carbocycles. The molecule has 3 aromatic heterocycles. The Morgan fingerprint density at radius 3 is 2.51 bits per heavy atom. The number of primary amides is 1. The Morgan fingerprint density at radius 1 is 1.11 bits per heavy atom. The zero-order valence-electron chi connectivity index (χ0n) is 21.2. The molecule has 4 aromatic rings. The van der Waals surface area contributed by atoms with Gasteiger partial charge in [-0.15, -0.1) is 0 Å². The third-order valence-electron chi connectivity index (χ3n) is 6.42. The van der Waals surface area contributed by atoms with Gasteiger partial charge in [0.15, 0.2) is 0 Å². The second kappa shape index (κ2) is 9.67. The van der Waals surface area contributed by atoms with Gasteiger partial charge in [0.1, 0.15) is 5.82 Å². The number of amides is 1. The van der Waals surface area contributed by atoms with Gasteiger partial charge in [0.05, 0.1) is 35.6 Å². The highest BCUT2D eigenvalue weighted by Gasteiger charge is 2.23. The minimum Gasteiger partial charge on any atom is -0.378 e. The van der Waals surface area contributed by atoms with Gasteiger partial charge < -0.3 is 25.7 Å². The minimum atomic E-state index is -0.546. The average molecular weight is 499 g/mol. The second-order valence-corrected chi connectivity index (χ2v) is 10.1. The van der Waals surface area contributed by atoms with Crippen LogP contribution in [0.4, 0.5) is 17.2 Å². The monoisotopic (exact) mass is 498 g/mol. The largest absolute Gasteiger partial charge is 0.378 e. The Bertz CT molecular complexity index is 1520. The van der Waals surface area contributed by atoms with Crippen LogP contribution >= 0.6 is 0 Å². The summed E-state index contributed by atoms with van der Waals surface area (Å²) in [5.74, 6) is -0.135. The fourth-order valence-corrected chi connectivity index (χ4v) is 4.56. The van der Waals surface area contributed by atoms with E-state index in [9.17, 15) is 9.59 Å². The highest BCUT2D eigenvalue weighted by atomic mass is 16.5. The van der Waals surface area contributed by atoms with Crippen LogP contribution in [0.1, 0.15) is 36.8 Å². The zero-order valence-corrected chi connectivity index (χ0v) is 21.2. The lowest BCUT2D eigenvalue weighted by atomic mass is 9.87. The van der Waals surface area contributed by atoms with Crippen molar-refractivity contribution in [2.45, 2.75) is 26.2 Å². The molecule has 190 valence electrons. The molecule has 1 aromatic carbocycles. The van der Waals surface area contributed by atoms with E-state index < -0.39 is 5.91 Å². The van der Waals surface area contributed by atoms with E-state index in [1.165, 1.54) is 0 Å². The highest BCUT2D eigenvalue weighted by molar-refractivity contribution is 5.97. The smallest absolute Gasteiger partial charge is 0.259 e. The lowest BCUT2D eigenvalue weighted by molar-refractivity contribution is 0.0997. The number of hydrogen-bond donors (Lipinski definition) is 3. The number of benzene rings is 1. The Kier molecular flexibility index (Phi) is 6.39. The topological polar surface area (TPSA) is 126 Å². The number of aromatic amines is 1. The molecule has 5 rings (SSSR count). The summed E-state index contributed by atoms with van der Waals surface area (Å²) in [5.41, 5.74) is 9.19. The lowest BCUT2D eigenvalue weighted by Crippen LogP contribution is -2.36. The van der Waals surface area contributed by atoms with E-state index in [1.54, 1.807) is 18.5 Å². The van der Waals surface area contributed by atoms with Crippen molar-refractivity contribution < 1.29 is 9.53 Å². The maximum atomic E-state index is 12.8. The van der Waals surface area contributed by atoms with E-state index in [0.717, 1.165) is 24.5 Å². The number of nitrogens with one attached hydrogen (secondary N) is 2. The van der Waals surface area contributed by atoms with Gasteiger partial charge in [-0.3, -0.25) is 14.6 Å². The first-order valence-corrected chi connectivity index (χ1v) is 12.2. The quantitative estimate of drug-likeness (QED) is 0.380. The average Bonchev–Trinajstić information content (AvgIpc) is 2.88. The van der Waals surface area contributed by atoms with Crippen LogP contribution in [0.2, 0.25) is 0 Å². The number of nitrogens with zero attached hydrogens (tertiary/aromatic N) is 3. The molecule has 1 amide bonds. The summed E-state index contributed by atoms with van der Waals surface area (Å²) in [6.45, 7) is 9.08. The van der Waals surface area contributed by atoms with Crippen molar-refractivity contribution in [2.75, 3.05) is 36.5 Å². The molecule has 1 aliphatic heterocycles. The molecule has 1 fully saturated rings. The molecule has 37 heavy (non-hydrogen) atoms. The number of ether oxygens (including phenoxy) is 1. The SMILES string of the molecule is CC(C)(C)c1ncc(-c2cc3cc[nH]c(=O)c3c(Nc3ccc(N4CCOCC4)cc3)n2)cc1C(N)=O. The van der Waals surface area contributed by atoms with E-state index in [1.807, 2.05) is 57.2 Å². The van der Waals surface area contributed by atoms with Gasteiger partial charge in [-0.2, -0.15) is 0 Å². The van der Waals surface area contributed by atoms with Crippen molar-refractivity contribution in [1.29, 1.82) is 0 Å². The summed E-state index contributed by atoms with van der Waals surface area (Å²) >= 11 is 0. The van der Waals surface area contributed by atoms with Crippen LogP contribution in [0.15, 0.2) is 59.7 Å². The molecule has 9 heteroatoms. The van der Waals surface area contributed by atoms with Gasteiger partial charge >= 0.3 is 0 Å². The summed E-state index contributed by atoms with van der Waals surface area (Å²) in [5, 5.41) is 4.47. The predicted octanol–water partition coefficient (Wildman–Crippen LogP) is 3.96. The third-order valence-corrected chi connectivity index (χ3v) is 6.42. The van der Waals surface area contributed by atoms with Crippen LogP contribution < -0.4 is 21.5 Å². The van der Waals surface area contributed by atoms with Gasteiger partial charge in [0.25, 0.3) is 11.5 Å². The molecule has 0 unspecified atom stereocenters. The van der Waals surface area contributed by atoms with Crippen LogP contribution in [-0.4, -0.2) is 47.2 Å². The zero-order chi connectivity index (χ0) is 26.2. The standard InChI is InChI=1S/C28H30N6O3/c1-28(2,3)24-21(25(29)35)14-18(16-31-24)22-15-17-8-9-30-27(36)23(17)26(33-22)32-19-4-6-20(7-5-19)34-10-12-37-13-11-34/h4-9,14-16H,10-13H2,1-3H3,(H2,29,35)(H,30,36)(H,32,33). The molecular weight excluding hydrogens is 468 g/mol. The fourth-order valence-electron chi connectivity index (χ4n) is 4.56. The molecule has 1 saturated heterocycles. The van der Waals surface area contributed by atoms with Crippen LogP contribution in [0.5, 0.6) is 0 Å². The number of aromatic nitrogens is 3. The fraction of sp³-hybridized carbons (Fsp3) is 0.286. The number of morpholine rings is 1. The first kappa shape index (κ1) is 24.5. The van der Waals surface area contributed by atoms with E-state index in [0.29, 0.717) is 52.3 Å². The van der Waals surface area contributed by atoms with E-state index in [2.05, 4.69) is 20.2 Å². The molecule has 4 heterocycles. The second-order valence-electron chi connectivity index (χ2n) is 10.1. The van der Waals surface area contributed by atoms with Crippen molar-refractivity contribution >= 4 is 33.9 Å². The minimum absolute atomic E-state index is 0.247.